The average Bonchev–Trinajstić information content (AvgIpc) is 2.68. The van der Waals surface area contributed by atoms with Crippen LogP contribution < -0.4 is 4.74 Å². The molecular formula is C22H32BrClO4. The van der Waals surface area contributed by atoms with Crippen LogP contribution in [0, 0.1) is 0 Å². The summed E-state index contributed by atoms with van der Waals surface area (Å²) >= 11 is 8.78. The van der Waals surface area contributed by atoms with Crippen molar-refractivity contribution < 1.29 is 19.1 Å². The van der Waals surface area contributed by atoms with Crippen molar-refractivity contribution in [2.45, 2.75) is 71.1 Å². The highest BCUT2D eigenvalue weighted by Crippen LogP contribution is 2.14. The molecule has 0 unspecified atom stereocenters. The van der Waals surface area contributed by atoms with Gasteiger partial charge in [-0.1, -0.05) is 28.1 Å². The summed E-state index contributed by atoms with van der Waals surface area (Å²) in [6.07, 6.45) is 6.56. The summed E-state index contributed by atoms with van der Waals surface area (Å²) in [6.45, 7) is 3.92. The van der Waals surface area contributed by atoms with Crippen molar-refractivity contribution in [2.24, 2.45) is 0 Å². The molecule has 0 spiro atoms. The molecule has 28 heavy (non-hydrogen) atoms. The van der Waals surface area contributed by atoms with Gasteiger partial charge in [-0.25, -0.2) is 0 Å². The van der Waals surface area contributed by atoms with Gasteiger partial charge in [0.05, 0.1) is 11.9 Å². The number of unbranched alkanes of at least 4 members (excludes halogenated alkanes) is 3. The first kappa shape index (κ1) is 26.8. The molecule has 1 rings (SSSR count). The normalized spacial score (nSPS) is 10.0. The smallest absolute Gasteiger partial charge is 0.143 e. The molecule has 0 amide bonds. The lowest BCUT2D eigenvalue weighted by atomic mass is 10.1. The number of carbonyl (C=O) groups is 3. The number of Topliss-reactive ketones (excluding diaryl/α,β-unsaturated/α-hetero) is 3. The van der Waals surface area contributed by atoms with Gasteiger partial charge in [0.15, 0.2) is 0 Å². The maximum absolute atomic E-state index is 10.7. The molecule has 0 atom stereocenters. The Morgan fingerprint density at radius 2 is 1.39 bits per heavy atom. The van der Waals surface area contributed by atoms with Crippen LogP contribution in [0.1, 0.15) is 70.8 Å². The number of rotatable bonds is 14. The van der Waals surface area contributed by atoms with E-state index in [1.54, 1.807) is 13.8 Å². The molecule has 0 radical (unpaired) electrons. The Labute approximate surface area is 182 Å². The van der Waals surface area contributed by atoms with Gasteiger partial charge >= 0.3 is 0 Å². The Kier molecular flexibility index (Phi) is 17.1. The lowest BCUT2D eigenvalue weighted by Gasteiger charge is -2.06. The van der Waals surface area contributed by atoms with Crippen LogP contribution in [0.25, 0.3) is 0 Å². The van der Waals surface area contributed by atoms with Crippen LogP contribution in [0.5, 0.6) is 5.75 Å². The topological polar surface area (TPSA) is 60.4 Å². The van der Waals surface area contributed by atoms with Crippen molar-refractivity contribution in [1.82, 2.24) is 0 Å². The molecule has 0 bridgehead atoms. The fourth-order valence-corrected chi connectivity index (χ4v) is 2.74. The second kappa shape index (κ2) is 17.9. The van der Waals surface area contributed by atoms with Crippen LogP contribution in [0.15, 0.2) is 24.3 Å². The maximum Gasteiger partial charge on any atom is 0.143 e. The lowest BCUT2D eigenvalue weighted by Crippen LogP contribution is -1.98. The summed E-state index contributed by atoms with van der Waals surface area (Å²) in [4.78, 5) is 31.9. The molecule has 0 saturated heterocycles. The van der Waals surface area contributed by atoms with Gasteiger partial charge in [0.25, 0.3) is 0 Å². The van der Waals surface area contributed by atoms with Gasteiger partial charge in [-0.3, -0.25) is 4.79 Å². The zero-order valence-electron chi connectivity index (χ0n) is 17.0. The molecule has 6 heteroatoms. The van der Waals surface area contributed by atoms with E-state index >= 15 is 0 Å². The zero-order chi connectivity index (χ0) is 21.2. The number of benzene rings is 1. The third-order valence-corrected chi connectivity index (χ3v) is 4.84. The zero-order valence-corrected chi connectivity index (χ0v) is 19.3. The van der Waals surface area contributed by atoms with Crippen LogP contribution in [-0.2, 0) is 20.3 Å². The summed E-state index contributed by atoms with van der Waals surface area (Å²) in [5.41, 5.74) is 1.10. The van der Waals surface area contributed by atoms with Crippen LogP contribution >= 0.6 is 27.5 Å². The molecule has 158 valence electrons. The summed E-state index contributed by atoms with van der Waals surface area (Å²) in [5.74, 6) is 2.10. The highest BCUT2D eigenvalue weighted by Gasteiger charge is 1.99. The molecule has 0 aliphatic carbocycles. The van der Waals surface area contributed by atoms with Crippen molar-refractivity contribution in [3.8, 4) is 5.75 Å². The predicted molar refractivity (Wildman–Crippen MR) is 119 cm³/mol. The van der Waals surface area contributed by atoms with E-state index in [0.717, 1.165) is 43.4 Å². The van der Waals surface area contributed by atoms with E-state index in [1.165, 1.54) is 0 Å². The SMILES string of the molecule is CC(=O)CCCCC(=O)CBr.CC(=O)CCCCCOc1ccc(CCl)cc1. The molecule has 4 nitrogen and oxygen atoms in total. The summed E-state index contributed by atoms with van der Waals surface area (Å²) in [5, 5.41) is 0.438. The van der Waals surface area contributed by atoms with E-state index in [1.807, 2.05) is 24.3 Å². The van der Waals surface area contributed by atoms with E-state index in [4.69, 9.17) is 16.3 Å². The van der Waals surface area contributed by atoms with Gasteiger partial charge in [-0.05, 0) is 63.6 Å². The highest BCUT2D eigenvalue weighted by atomic mass is 79.9. The Morgan fingerprint density at radius 3 is 1.89 bits per heavy atom. The summed E-state index contributed by atoms with van der Waals surface area (Å²) in [7, 11) is 0. The van der Waals surface area contributed by atoms with Crippen LogP contribution in [0.3, 0.4) is 0 Å². The van der Waals surface area contributed by atoms with Crippen LogP contribution in [0.2, 0.25) is 0 Å². The molecule has 0 saturated carbocycles. The number of hydrogen-bond donors (Lipinski definition) is 0. The minimum absolute atomic E-state index is 0.205. The third-order valence-electron chi connectivity index (χ3n) is 3.90. The summed E-state index contributed by atoms with van der Waals surface area (Å²) in [6, 6.07) is 7.82. The molecular weight excluding hydrogens is 444 g/mol. The second-order valence-corrected chi connectivity index (χ2v) is 7.55. The van der Waals surface area contributed by atoms with Crippen molar-refractivity contribution >= 4 is 44.9 Å². The number of ether oxygens (including phenoxy) is 1. The van der Waals surface area contributed by atoms with Crippen molar-refractivity contribution in [1.29, 1.82) is 0 Å². The van der Waals surface area contributed by atoms with Gasteiger partial charge in [0.1, 0.15) is 23.1 Å². The standard InChI is InChI=1S/C14H19ClO2.C8H13BrO2/c1-12(16)5-3-2-4-10-17-14-8-6-13(11-15)7-9-14;1-7(10)4-2-3-5-8(11)6-9/h6-9H,2-5,10-11H2,1H3;2-6H2,1H3. The first-order valence-electron chi connectivity index (χ1n) is 9.73. The van der Waals surface area contributed by atoms with Crippen molar-refractivity contribution in [3.63, 3.8) is 0 Å². The second-order valence-electron chi connectivity index (χ2n) is 6.72. The monoisotopic (exact) mass is 474 g/mol. The molecule has 0 aromatic heterocycles. The quantitative estimate of drug-likeness (QED) is 0.242. The fraction of sp³-hybridized carbons (Fsp3) is 0.591. The first-order chi connectivity index (χ1) is 13.4. The van der Waals surface area contributed by atoms with Gasteiger partial charge < -0.3 is 14.3 Å². The van der Waals surface area contributed by atoms with Crippen LogP contribution in [0.4, 0.5) is 0 Å². The Balaban J connectivity index is 0.000000576. The average molecular weight is 476 g/mol. The highest BCUT2D eigenvalue weighted by molar-refractivity contribution is 9.09. The largest absolute Gasteiger partial charge is 0.494 e. The van der Waals surface area contributed by atoms with Gasteiger partial charge in [-0.2, -0.15) is 0 Å². The Morgan fingerprint density at radius 1 is 0.857 bits per heavy atom. The van der Waals surface area contributed by atoms with Crippen LogP contribution in [-0.4, -0.2) is 29.3 Å². The number of hydrogen-bond acceptors (Lipinski definition) is 4. The minimum atomic E-state index is 0.205. The number of carbonyl (C=O) groups excluding carboxylic acids is 3. The molecule has 0 aliphatic heterocycles. The predicted octanol–water partition coefficient (Wildman–Crippen LogP) is 6.05. The lowest BCUT2D eigenvalue weighted by molar-refractivity contribution is -0.118. The molecule has 1 aromatic rings. The number of ketones is 3. The van der Waals surface area contributed by atoms with E-state index in [9.17, 15) is 14.4 Å². The van der Waals surface area contributed by atoms with E-state index < -0.39 is 0 Å². The molecule has 0 heterocycles. The van der Waals surface area contributed by atoms with Gasteiger partial charge in [0.2, 0.25) is 0 Å². The number of alkyl halides is 2. The third kappa shape index (κ3) is 16.9. The van der Waals surface area contributed by atoms with Crippen molar-refractivity contribution in [3.05, 3.63) is 29.8 Å². The first-order valence-corrected chi connectivity index (χ1v) is 11.4. The Hall–Kier alpha value is -1.20. The fourth-order valence-electron chi connectivity index (χ4n) is 2.28. The maximum atomic E-state index is 10.7. The number of halogens is 2. The van der Waals surface area contributed by atoms with Gasteiger partial charge in [0, 0.05) is 25.1 Å². The minimum Gasteiger partial charge on any atom is -0.494 e. The van der Waals surface area contributed by atoms with E-state index in [2.05, 4.69) is 15.9 Å². The Bertz CT molecular complexity index is 572. The molecule has 0 aliphatic rings. The van der Waals surface area contributed by atoms with Gasteiger partial charge in [-0.15, -0.1) is 11.6 Å². The molecule has 0 N–H and O–H groups in total. The molecule has 0 fully saturated rings. The van der Waals surface area contributed by atoms with E-state index in [-0.39, 0.29) is 17.3 Å². The van der Waals surface area contributed by atoms with E-state index in [0.29, 0.717) is 37.1 Å². The molecule has 1 aromatic carbocycles. The van der Waals surface area contributed by atoms with Crippen molar-refractivity contribution in [2.75, 3.05) is 11.9 Å². The summed E-state index contributed by atoms with van der Waals surface area (Å²) < 4.78 is 5.58.